The van der Waals surface area contributed by atoms with Gasteiger partial charge in [-0.25, -0.2) is 5.01 Å². The molecule has 2 aliphatic rings. The highest BCUT2D eigenvalue weighted by Crippen LogP contribution is 2.39. The molecular formula is C29H27ClN4O2S. The van der Waals surface area contributed by atoms with Gasteiger partial charge in [-0.15, -0.1) is 0 Å². The van der Waals surface area contributed by atoms with E-state index in [2.05, 4.69) is 41.5 Å². The Labute approximate surface area is 225 Å². The number of anilines is 1. The highest BCUT2D eigenvalue weighted by atomic mass is 35.5. The molecule has 3 aromatic carbocycles. The summed E-state index contributed by atoms with van der Waals surface area (Å²) in [6.45, 7) is 6.07. The Morgan fingerprint density at radius 2 is 1.76 bits per heavy atom. The van der Waals surface area contributed by atoms with E-state index >= 15 is 0 Å². The lowest BCUT2D eigenvalue weighted by Gasteiger charge is -2.23. The number of hydrogen-bond acceptors (Lipinski definition) is 5. The fourth-order valence-corrected chi connectivity index (χ4v) is 5.54. The minimum atomic E-state index is -0.592. The number of aryl methyl sites for hydroxylation is 3. The molecule has 0 radical (unpaired) electrons. The molecule has 2 amide bonds. The SMILES string of the molecule is Cc1ccc(C2=NN(C3=NC(=O)[C@H](CC(=O)Nc4ccc(C)c(C)c4)S3)[C@H](c3ccc(Cl)cc3)C2)cc1. The molecule has 0 saturated carbocycles. The van der Waals surface area contributed by atoms with Crippen LogP contribution in [0.4, 0.5) is 5.69 Å². The van der Waals surface area contributed by atoms with Crippen LogP contribution in [0.1, 0.15) is 46.7 Å². The predicted octanol–water partition coefficient (Wildman–Crippen LogP) is 6.44. The maximum atomic E-state index is 12.8. The van der Waals surface area contributed by atoms with Gasteiger partial charge in [-0.1, -0.05) is 71.4 Å². The van der Waals surface area contributed by atoms with Gasteiger partial charge in [-0.3, -0.25) is 9.59 Å². The summed E-state index contributed by atoms with van der Waals surface area (Å²) in [6, 6.07) is 21.5. The number of aliphatic imine (C=N–C) groups is 1. The van der Waals surface area contributed by atoms with E-state index in [1.54, 1.807) is 0 Å². The fraction of sp³-hybridized carbons (Fsp3) is 0.241. The molecule has 6 nitrogen and oxygen atoms in total. The molecule has 188 valence electrons. The first-order valence-electron chi connectivity index (χ1n) is 12.1. The van der Waals surface area contributed by atoms with Crippen molar-refractivity contribution in [2.45, 2.75) is 44.9 Å². The van der Waals surface area contributed by atoms with Crippen LogP contribution in [-0.4, -0.2) is 33.0 Å². The van der Waals surface area contributed by atoms with Crippen LogP contribution in [0, 0.1) is 20.8 Å². The third-order valence-corrected chi connectivity index (χ3v) is 8.03. The lowest BCUT2D eigenvalue weighted by molar-refractivity contribution is -0.121. The Kier molecular flexibility index (Phi) is 7.17. The third-order valence-electron chi connectivity index (χ3n) is 6.64. The standard InChI is InChI=1S/C29H27ClN4O2S/c1-17-4-7-20(8-5-17)24-15-25(21-9-11-22(30)12-10-21)34(33-24)29-32-28(36)26(37-29)16-27(35)31-23-13-6-18(2)19(3)14-23/h4-14,25-26H,15-16H2,1-3H3,(H,31,35)/t25-,26-/m0/s1. The number of halogens is 1. The van der Waals surface area contributed by atoms with Gasteiger partial charge in [-0.05, 0) is 67.3 Å². The van der Waals surface area contributed by atoms with Gasteiger partial charge < -0.3 is 5.32 Å². The molecule has 1 N–H and O–H groups in total. The molecule has 2 atom stereocenters. The van der Waals surface area contributed by atoms with E-state index < -0.39 is 5.25 Å². The molecule has 2 heterocycles. The number of amides is 2. The van der Waals surface area contributed by atoms with E-state index in [0.29, 0.717) is 16.6 Å². The lowest BCUT2D eigenvalue weighted by Crippen LogP contribution is -2.25. The number of rotatable bonds is 5. The molecular weight excluding hydrogens is 504 g/mol. The summed E-state index contributed by atoms with van der Waals surface area (Å²) in [5, 5.41) is 10.2. The van der Waals surface area contributed by atoms with E-state index in [0.717, 1.165) is 33.7 Å². The molecule has 5 rings (SSSR count). The van der Waals surface area contributed by atoms with Gasteiger partial charge in [0.25, 0.3) is 5.91 Å². The number of benzene rings is 3. The van der Waals surface area contributed by atoms with Crippen LogP contribution >= 0.6 is 23.4 Å². The Hall–Kier alpha value is -3.42. The van der Waals surface area contributed by atoms with Crippen LogP contribution in [-0.2, 0) is 9.59 Å². The van der Waals surface area contributed by atoms with E-state index in [-0.39, 0.29) is 24.3 Å². The van der Waals surface area contributed by atoms with Gasteiger partial charge in [0.05, 0.1) is 11.8 Å². The van der Waals surface area contributed by atoms with Crippen molar-refractivity contribution >= 4 is 51.7 Å². The van der Waals surface area contributed by atoms with E-state index in [1.165, 1.54) is 17.3 Å². The molecule has 0 unspecified atom stereocenters. The number of hydrogen-bond donors (Lipinski definition) is 1. The van der Waals surface area contributed by atoms with E-state index in [9.17, 15) is 9.59 Å². The third kappa shape index (κ3) is 5.63. The molecule has 0 aromatic heterocycles. The van der Waals surface area contributed by atoms with Crippen molar-refractivity contribution in [3.05, 3.63) is 99.6 Å². The highest BCUT2D eigenvalue weighted by Gasteiger charge is 2.39. The summed E-state index contributed by atoms with van der Waals surface area (Å²) < 4.78 is 0. The minimum absolute atomic E-state index is 0.0391. The van der Waals surface area contributed by atoms with E-state index in [1.807, 2.05) is 61.3 Å². The topological polar surface area (TPSA) is 74.1 Å². The first-order chi connectivity index (χ1) is 17.8. The number of carbonyl (C=O) groups is 2. The van der Waals surface area contributed by atoms with Crippen LogP contribution in [0.3, 0.4) is 0 Å². The summed E-state index contributed by atoms with van der Waals surface area (Å²) in [7, 11) is 0. The highest BCUT2D eigenvalue weighted by molar-refractivity contribution is 8.15. The van der Waals surface area contributed by atoms with Crippen molar-refractivity contribution < 1.29 is 9.59 Å². The second kappa shape index (κ2) is 10.5. The lowest BCUT2D eigenvalue weighted by atomic mass is 9.98. The molecule has 0 aliphatic carbocycles. The van der Waals surface area contributed by atoms with Crippen LogP contribution in [0.15, 0.2) is 76.8 Å². The molecule has 0 bridgehead atoms. The quantitative estimate of drug-likeness (QED) is 0.411. The fourth-order valence-electron chi connectivity index (χ4n) is 4.36. The summed E-state index contributed by atoms with van der Waals surface area (Å²) in [4.78, 5) is 29.9. The zero-order valence-electron chi connectivity index (χ0n) is 20.9. The largest absolute Gasteiger partial charge is 0.326 e. The Morgan fingerprint density at radius 3 is 2.46 bits per heavy atom. The zero-order chi connectivity index (χ0) is 26.1. The molecule has 0 spiro atoms. The number of nitrogens with one attached hydrogen (secondary N) is 1. The Balaban J connectivity index is 1.34. The second-order valence-corrected chi connectivity index (χ2v) is 11.0. The van der Waals surface area contributed by atoms with Gasteiger partial charge in [0, 0.05) is 23.6 Å². The molecule has 0 saturated heterocycles. The zero-order valence-corrected chi connectivity index (χ0v) is 22.4. The van der Waals surface area contributed by atoms with Crippen molar-refractivity contribution in [1.29, 1.82) is 0 Å². The first-order valence-corrected chi connectivity index (χ1v) is 13.4. The Morgan fingerprint density at radius 1 is 1.03 bits per heavy atom. The molecule has 3 aromatic rings. The molecule has 37 heavy (non-hydrogen) atoms. The summed E-state index contributed by atoms with van der Waals surface area (Å²) in [6.07, 6.45) is 0.702. The van der Waals surface area contributed by atoms with Crippen molar-refractivity contribution in [2.75, 3.05) is 5.32 Å². The first kappa shape index (κ1) is 25.2. The number of amidine groups is 1. The summed E-state index contributed by atoms with van der Waals surface area (Å²) in [5.74, 6) is -0.533. The van der Waals surface area contributed by atoms with Crippen LogP contribution in [0.25, 0.3) is 0 Å². The maximum absolute atomic E-state index is 12.8. The van der Waals surface area contributed by atoms with E-state index in [4.69, 9.17) is 16.7 Å². The summed E-state index contributed by atoms with van der Waals surface area (Å²) in [5.41, 5.74) is 7.14. The maximum Gasteiger partial charge on any atom is 0.262 e. The monoisotopic (exact) mass is 530 g/mol. The van der Waals surface area contributed by atoms with Crippen molar-refractivity contribution in [3.63, 3.8) is 0 Å². The molecule has 2 aliphatic heterocycles. The van der Waals surface area contributed by atoms with Gasteiger partial charge in [-0.2, -0.15) is 10.1 Å². The van der Waals surface area contributed by atoms with Crippen LogP contribution in [0.2, 0.25) is 5.02 Å². The number of thioether (sulfide) groups is 1. The second-order valence-electron chi connectivity index (χ2n) is 9.42. The predicted molar refractivity (Wildman–Crippen MR) is 151 cm³/mol. The van der Waals surface area contributed by atoms with Gasteiger partial charge in [0.1, 0.15) is 5.25 Å². The van der Waals surface area contributed by atoms with Gasteiger partial charge in [0.15, 0.2) is 5.17 Å². The number of hydrazone groups is 1. The molecule has 0 fully saturated rings. The van der Waals surface area contributed by atoms with Gasteiger partial charge in [0.2, 0.25) is 5.91 Å². The normalized spacial score (nSPS) is 19.1. The van der Waals surface area contributed by atoms with Crippen molar-refractivity contribution in [2.24, 2.45) is 10.1 Å². The summed E-state index contributed by atoms with van der Waals surface area (Å²) >= 11 is 7.42. The smallest absolute Gasteiger partial charge is 0.262 e. The van der Waals surface area contributed by atoms with Crippen LogP contribution < -0.4 is 5.32 Å². The van der Waals surface area contributed by atoms with Crippen LogP contribution in [0.5, 0.6) is 0 Å². The van der Waals surface area contributed by atoms with Crippen molar-refractivity contribution in [1.82, 2.24) is 5.01 Å². The average molecular weight is 531 g/mol. The average Bonchev–Trinajstić information content (AvgIpc) is 3.46. The number of nitrogens with zero attached hydrogens (tertiary/aromatic N) is 3. The minimum Gasteiger partial charge on any atom is -0.326 e. The van der Waals surface area contributed by atoms with Crippen molar-refractivity contribution in [3.8, 4) is 0 Å². The molecule has 8 heteroatoms. The Bertz CT molecular complexity index is 1420. The number of carbonyl (C=O) groups excluding carboxylic acids is 2. The van der Waals surface area contributed by atoms with Gasteiger partial charge >= 0.3 is 0 Å².